The number of aryl methyl sites for hydroxylation is 1. The molecule has 0 aliphatic rings. The summed E-state index contributed by atoms with van der Waals surface area (Å²) in [5, 5.41) is 11.5. The highest BCUT2D eigenvalue weighted by Gasteiger charge is 2.15. The number of nitrogens with one attached hydrogen (secondary N) is 3. The predicted molar refractivity (Wildman–Crippen MR) is 77.1 cm³/mol. The SMILES string of the molecule is Cc1cc(C(=O)NO)ccc1C(C)NC(=O)c1ccc[nH]1. The molecule has 0 radical (unpaired) electrons. The van der Waals surface area contributed by atoms with Crippen molar-refractivity contribution in [3.05, 3.63) is 58.9 Å². The minimum atomic E-state index is -0.562. The van der Waals surface area contributed by atoms with Crippen LogP contribution in [0.2, 0.25) is 0 Å². The van der Waals surface area contributed by atoms with E-state index in [0.717, 1.165) is 11.1 Å². The van der Waals surface area contributed by atoms with E-state index in [2.05, 4.69) is 10.3 Å². The minimum Gasteiger partial charge on any atom is -0.357 e. The molecule has 1 unspecified atom stereocenters. The summed E-state index contributed by atoms with van der Waals surface area (Å²) in [6.07, 6.45) is 1.69. The molecule has 21 heavy (non-hydrogen) atoms. The quantitative estimate of drug-likeness (QED) is 0.511. The lowest BCUT2D eigenvalue weighted by molar-refractivity contribution is 0.0706. The molecular weight excluding hydrogens is 270 g/mol. The summed E-state index contributed by atoms with van der Waals surface area (Å²) in [6.45, 7) is 3.72. The topological polar surface area (TPSA) is 94.2 Å². The first-order valence-corrected chi connectivity index (χ1v) is 6.52. The number of H-pyrrole nitrogens is 1. The number of carbonyl (C=O) groups is 2. The highest BCUT2D eigenvalue weighted by atomic mass is 16.5. The van der Waals surface area contributed by atoms with E-state index in [0.29, 0.717) is 11.3 Å². The number of hydroxylamine groups is 1. The molecule has 2 amide bonds. The Morgan fingerprint density at radius 3 is 2.57 bits per heavy atom. The van der Waals surface area contributed by atoms with Crippen molar-refractivity contribution in [2.24, 2.45) is 0 Å². The monoisotopic (exact) mass is 287 g/mol. The van der Waals surface area contributed by atoms with Crippen LogP contribution in [0, 0.1) is 6.92 Å². The van der Waals surface area contributed by atoms with Crippen molar-refractivity contribution in [1.82, 2.24) is 15.8 Å². The number of hydrogen-bond donors (Lipinski definition) is 4. The number of hydrogen-bond acceptors (Lipinski definition) is 3. The summed E-state index contributed by atoms with van der Waals surface area (Å²) < 4.78 is 0. The smallest absolute Gasteiger partial charge is 0.274 e. The van der Waals surface area contributed by atoms with Gasteiger partial charge in [-0.2, -0.15) is 0 Å². The molecule has 6 nitrogen and oxygen atoms in total. The maximum atomic E-state index is 12.0. The van der Waals surface area contributed by atoms with Crippen LogP contribution in [0.5, 0.6) is 0 Å². The number of aromatic amines is 1. The Morgan fingerprint density at radius 1 is 1.24 bits per heavy atom. The molecule has 0 aliphatic heterocycles. The van der Waals surface area contributed by atoms with Crippen molar-refractivity contribution >= 4 is 11.8 Å². The van der Waals surface area contributed by atoms with Crippen LogP contribution in [0.25, 0.3) is 0 Å². The standard InChI is InChI=1S/C15H17N3O3/c1-9-8-11(14(19)18-21)5-6-12(9)10(2)17-15(20)13-4-3-7-16-13/h3-8,10,16,21H,1-2H3,(H,17,20)(H,18,19). The van der Waals surface area contributed by atoms with Gasteiger partial charge >= 0.3 is 0 Å². The van der Waals surface area contributed by atoms with E-state index in [1.54, 1.807) is 42.0 Å². The van der Waals surface area contributed by atoms with E-state index in [1.165, 1.54) is 0 Å². The average molecular weight is 287 g/mol. The Hall–Kier alpha value is -2.60. The Balaban J connectivity index is 2.14. The lowest BCUT2D eigenvalue weighted by atomic mass is 9.99. The lowest BCUT2D eigenvalue weighted by Gasteiger charge is -2.17. The van der Waals surface area contributed by atoms with Gasteiger partial charge in [-0.05, 0) is 49.2 Å². The van der Waals surface area contributed by atoms with E-state index < -0.39 is 5.91 Å². The maximum Gasteiger partial charge on any atom is 0.274 e. The first-order valence-electron chi connectivity index (χ1n) is 6.52. The van der Waals surface area contributed by atoms with Gasteiger partial charge in [-0.3, -0.25) is 14.8 Å². The molecule has 4 N–H and O–H groups in total. The summed E-state index contributed by atoms with van der Waals surface area (Å²) >= 11 is 0. The largest absolute Gasteiger partial charge is 0.357 e. The van der Waals surface area contributed by atoms with Gasteiger partial charge in [-0.25, -0.2) is 5.48 Å². The third-order valence-corrected chi connectivity index (χ3v) is 3.29. The molecule has 0 saturated carbocycles. The third-order valence-electron chi connectivity index (χ3n) is 3.29. The van der Waals surface area contributed by atoms with Gasteiger partial charge in [0.25, 0.3) is 11.8 Å². The van der Waals surface area contributed by atoms with Gasteiger partial charge in [0.15, 0.2) is 0 Å². The third kappa shape index (κ3) is 3.29. The Labute approximate surface area is 122 Å². The fraction of sp³-hybridized carbons (Fsp3) is 0.200. The van der Waals surface area contributed by atoms with Crippen molar-refractivity contribution in [3.8, 4) is 0 Å². The van der Waals surface area contributed by atoms with Crippen LogP contribution in [0.1, 0.15) is 44.9 Å². The Kier molecular flexibility index (Phi) is 4.39. The minimum absolute atomic E-state index is 0.191. The fourth-order valence-corrected chi connectivity index (χ4v) is 2.19. The van der Waals surface area contributed by atoms with Crippen LogP contribution in [-0.2, 0) is 0 Å². The van der Waals surface area contributed by atoms with Gasteiger partial charge in [0.1, 0.15) is 5.69 Å². The molecule has 2 aromatic rings. The molecule has 1 aromatic carbocycles. The van der Waals surface area contributed by atoms with Crippen molar-refractivity contribution < 1.29 is 14.8 Å². The number of amides is 2. The van der Waals surface area contributed by atoms with Crippen molar-refractivity contribution in [2.45, 2.75) is 19.9 Å². The normalized spacial score (nSPS) is 11.8. The molecule has 0 fully saturated rings. The van der Waals surface area contributed by atoms with Gasteiger partial charge in [-0.1, -0.05) is 6.07 Å². The molecule has 110 valence electrons. The summed E-state index contributed by atoms with van der Waals surface area (Å²) in [7, 11) is 0. The summed E-state index contributed by atoms with van der Waals surface area (Å²) in [6, 6.07) is 8.28. The molecule has 1 heterocycles. The average Bonchev–Trinajstić information content (AvgIpc) is 3.00. The summed E-state index contributed by atoms with van der Waals surface area (Å²) in [5.41, 5.74) is 4.22. The van der Waals surface area contributed by atoms with Gasteiger partial charge in [0, 0.05) is 11.8 Å². The van der Waals surface area contributed by atoms with E-state index in [-0.39, 0.29) is 11.9 Å². The first-order chi connectivity index (χ1) is 10.0. The van der Waals surface area contributed by atoms with Crippen LogP contribution in [-0.4, -0.2) is 22.0 Å². The second-order valence-electron chi connectivity index (χ2n) is 4.79. The molecule has 1 aromatic heterocycles. The Morgan fingerprint density at radius 2 is 2.00 bits per heavy atom. The van der Waals surface area contributed by atoms with Crippen LogP contribution < -0.4 is 10.8 Å². The van der Waals surface area contributed by atoms with Crippen molar-refractivity contribution in [2.75, 3.05) is 0 Å². The highest BCUT2D eigenvalue weighted by molar-refractivity contribution is 5.94. The van der Waals surface area contributed by atoms with Crippen LogP contribution in [0.4, 0.5) is 0 Å². The first kappa shape index (κ1) is 14.8. The van der Waals surface area contributed by atoms with E-state index in [1.807, 2.05) is 13.8 Å². The second-order valence-corrected chi connectivity index (χ2v) is 4.79. The molecular formula is C15H17N3O3. The van der Waals surface area contributed by atoms with E-state index in [4.69, 9.17) is 5.21 Å². The molecule has 0 bridgehead atoms. The molecule has 0 aliphatic carbocycles. The maximum absolute atomic E-state index is 12.0. The lowest BCUT2D eigenvalue weighted by Crippen LogP contribution is -2.27. The molecule has 2 rings (SSSR count). The number of benzene rings is 1. The van der Waals surface area contributed by atoms with Crippen LogP contribution in [0.3, 0.4) is 0 Å². The fourth-order valence-electron chi connectivity index (χ4n) is 2.19. The molecule has 0 spiro atoms. The number of aromatic nitrogens is 1. The molecule has 6 heteroatoms. The highest BCUT2D eigenvalue weighted by Crippen LogP contribution is 2.19. The zero-order valence-electron chi connectivity index (χ0n) is 11.8. The zero-order chi connectivity index (χ0) is 15.4. The number of rotatable bonds is 4. The van der Waals surface area contributed by atoms with Crippen molar-refractivity contribution in [3.63, 3.8) is 0 Å². The second kappa shape index (κ2) is 6.23. The summed E-state index contributed by atoms with van der Waals surface area (Å²) in [4.78, 5) is 26.2. The van der Waals surface area contributed by atoms with Crippen LogP contribution >= 0.6 is 0 Å². The molecule has 0 saturated heterocycles. The van der Waals surface area contributed by atoms with Crippen LogP contribution in [0.15, 0.2) is 36.5 Å². The van der Waals surface area contributed by atoms with Crippen molar-refractivity contribution in [1.29, 1.82) is 0 Å². The summed E-state index contributed by atoms with van der Waals surface area (Å²) in [5.74, 6) is -0.753. The number of carbonyl (C=O) groups excluding carboxylic acids is 2. The van der Waals surface area contributed by atoms with E-state index in [9.17, 15) is 9.59 Å². The Bertz CT molecular complexity index is 650. The van der Waals surface area contributed by atoms with Gasteiger partial charge in [0.2, 0.25) is 0 Å². The zero-order valence-corrected chi connectivity index (χ0v) is 11.8. The van der Waals surface area contributed by atoms with E-state index >= 15 is 0 Å². The molecule has 1 atom stereocenters. The van der Waals surface area contributed by atoms with Gasteiger partial charge in [0.05, 0.1) is 6.04 Å². The van der Waals surface area contributed by atoms with Gasteiger partial charge in [-0.15, -0.1) is 0 Å². The predicted octanol–water partition coefficient (Wildman–Crippen LogP) is 1.93. The van der Waals surface area contributed by atoms with Gasteiger partial charge < -0.3 is 10.3 Å².